The van der Waals surface area contributed by atoms with Crippen molar-refractivity contribution in [1.82, 2.24) is 4.98 Å². The number of esters is 1. The molecule has 0 radical (unpaired) electrons. The fourth-order valence-electron chi connectivity index (χ4n) is 1.19. The second-order valence-electron chi connectivity index (χ2n) is 2.73. The highest BCUT2D eigenvalue weighted by atomic mass is 32.2. The van der Waals surface area contributed by atoms with Crippen LogP contribution in [0.1, 0.15) is 16.1 Å². The van der Waals surface area contributed by atoms with Crippen molar-refractivity contribution in [3.05, 3.63) is 30.0 Å². The van der Waals surface area contributed by atoms with Crippen LogP contribution in [0.4, 0.5) is 0 Å². The molecule has 3 nitrogen and oxygen atoms in total. The van der Waals surface area contributed by atoms with Crippen LogP contribution in [0.2, 0.25) is 0 Å². The average molecular weight is 211 g/mol. The third kappa shape index (κ3) is 2.20. The molecule has 0 atom stereocenters. The number of H-pyrrole nitrogens is 1. The van der Waals surface area contributed by atoms with Crippen molar-refractivity contribution in [2.75, 3.05) is 13.4 Å². The van der Waals surface area contributed by atoms with Crippen molar-refractivity contribution >= 4 is 17.7 Å². The van der Waals surface area contributed by atoms with E-state index in [1.165, 1.54) is 7.11 Å². The second-order valence-corrected chi connectivity index (χ2v) is 3.54. The molecule has 4 heteroatoms. The summed E-state index contributed by atoms with van der Waals surface area (Å²) in [6.07, 6.45) is 4.52. The van der Waals surface area contributed by atoms with Gasteiger partial charge in [0.1, 0.15) is 5.69 Å². The molecule has 0 unspecified atom stereocenters. The van der Waals surface area contributed by atoms with Crippen molar-refractivity contribution in [1.29, 1.82) is 0 Å². The minimum atomic E-state index is -0.337. The molecule has 0 aliphatic heterocycles. The SMILES string of the molecule is C=CCc1cc(C(=O)OC)[nH]c1SC. The maximum atomic E-state index is 11.2. The number of aromatic nitrogens is 1. The van der Waals surface area contributed by atoms with E-state index in [0.717, 1.165) is 17.0 Å². The summed E-state index contributed by atoms with van der Waals surface area (Å²) in [5.41, 5.74) is 1.57. The van der Waals surface area contributed by atoms with Crippen LogP contribution in [0.15, 0.2) is 23.7 Å². The number of hydrogen-bond donors (Lipinski definition) is 1. The maximum absolute atomic E-state index is 11.2. The molecule has 1 N–H and O–H groups in total. The molecular formula is C10H13NO2S. The van der Waals surface area contributed by atoms with Crippen LogP contribution in [0.25, 0.3) is 0 Å². The largest absolute Gasteiger partial charge is 0.464 e. The van der Waals surface area contributed by atoms with Crippen LogP contribution in [-0.2, 0) is 11.2 Å². The van der Waals surface area contributed by atoms with Crippen molar-refractivity contribution in [3.63, 3.8) is 0 Å². The summed E-state index contributed by atoms with van der Waals surface area (Å²) < 4.78 is 4.62. The van der Waals surface area contributed by atoms with Gasteiger partial charge in [0.2, 0.25) is 0 Å². The Kier molecular flexibility index (Phi) is 3.83. The molecule has 1 aromatic heterocycles. The van der Waals surface area contributed by atoms with Crippen LogP contribution in [0.5, 0.6) is 0 Å². The molecule has 1 aromatic rings. The molecule has 0 aromatic carbocycles. The second kappa shape index (κ2) is 4.91. The molecular weight excluding hydrogens is 198 g/mol. The molecule has 0 aliphatic rings. The van der Waals surface area contributed by atoms with E-state index in [-0.39, 0.29) is 5.97 Å². The van der Waals surface area contributed by atoms with Crippen molar-refractivity contribution in [2.24, 2.45) is 0 Å². The lowest BCUT2D eigenvalue weighted by Crippen LogP contribution is -2.00. The lowest BCUT2D eigenvalue weighted by atomic mass is 10.2. The highest BCUT2D eigenvalue weighted by Crippen LogP contribution is 2.21. The number of thioether (sulfide) groups is 1. The predicted octanol–water partition coefficient (Wildman–Crippen LogP) is 2.25. The van der Waals surface area contributed by atoms with E-state index < -0.39 is 0 Å². The van der Waals surface area contributed by atoms with E-state index in [4.69, 9.17) is 0 Å². The first-order chi connectivity index (χ1) is 6.72. The summed E-state index contributed by atoms with van der Waals surface area (Å²) in [5, 5.41) is 0.991. The molecule has 1 heterocycles. The minimum Gasteiger partial charge on any atom is -0.464 e. The molecule has 0 saturated carbocycles. The van der Waals surface area contributed by atoms with Gasteiger partial charge in [-0.1, -0.05) is 6.08 Å². The lowest BCUT2D eigenvalue weighted by molar-refractivity contribution is 0.0594. The molecule has 0 spiro atoms. The summed E-state index contributed by atoms with van der Waals surface area (Å²) >= 11 is 1.57. The zero-order valence-corrected chi connectivity index (χ0v) is 9.11. The topological polar surface area (TPSA) is 42.1 Å². The van der Waals surface area contributed by atoms with E-state index in [0.29, 0.717) is 5.69 Å². The lowest BCUT2D eigenvalue weighted by Gasteiger charge is -1.94. The van der Waals surface area contributed by atoms with E-state index in [9.17, 15) is 4.79 Å². The molecule has 0 fully saturated rings. The summed E-state index contributed by atoms with van der Waals surface area (Å²) in [6.45, 7) is 3.67. The van der Waals surface area contributed by atoms with Crippen LogP contribution in [0.3, 0.4) is 0 Å². The van der Waals surface area contributed by atoms with Gasteiger partial charge in [-0.2, -0.15) is 0 Å². The average Bonchev–Trinajstić information content (AvgIpc) is 2.60. The number of ether oxygens (including phenoxy) is 1. The third-order valence-electron chi connectivity index (χ3n) is 1.83. The van der Waals surface area contributed by atoms with Gasteiger partial charge in [0.25, 0.3) is 0 Å². The highest BCUT2D eigenvalue weighted by Gasteiger charge is 2.12. The van der Waals surface area contributed by atoms with Crippen LogP contribution < -0.4 is 0 Å². The summed E-state index contributed by atoms with van der Waals surface area (Å²) in [7, 11) is 1.37. The molecule has 14 heavy (non-hydrogen) atoms. The Balaban J connectivity index is 2.99. The van der Waals surface area contributed by atoms with Gasteiger partial charge in [0.15, 0.2) is 0 Å². The molecule has 1 rings (SSSR count). The van der Waals surface area contributed by atoms with Crippen LogP contribution in [-0.4, -0.2) is 24.3 Å². The fourth-order valence-corrected chi connectivity index (χ4v) is 1.80. The highest BCUT2D eigenvalue weighted by molar-refractivity contribution is 7.98. The first-order valence-corrected chi connectivity index (χ1v) is 5.40. The van der Waals surface area contributed by atoms with Crippen molar-refractivity contribution in [2.45, 2.75) is 11.4 Å². The van der Waals surface area contributed by atoms with Gasteiger partial charge in [0.05, 0.1) is 12.1 Å². The van der Waals surface area contributed by atoms with E-state index in [1.54, 1.807) is 17.8 Å². The zero-order chi connectivity index (χ0) is 10.6. The number of carbonyl (C=O) groups is 1. The maximum Gasteiger partial charge on any atom is 0.354 e. The van der Waals surface area contributed by atoms with Gasteiger partial charge >= 0.3 is 5.97 Å². The summed E-state index contributed by atoms with van der Waals surface area (Å²) in [4.78, 5) is 14.2. The number of methoxy groups -OCH3 is 1. The number of rotatable bonds is 4. The fraction of sp³-hybridized carbons (Fsp3) is 0.300. The molecule has 0 aliphatic carbocycles. The van der Waals surface area contributed by atoms with Crippen LogP contribution in [0, 0.1) is 0 Å². The molecule has 0 bridgehead atoms. The smallest absolute Gasteiger partial charge is 0.354 e. The first kappa shape index (κ1) is 10.9. The molecule has 0 amide bonds. The summed E-state index contributed by atoms with van der Waals surface area (Å²) in [5.74, 6) is -0.337. The predicted molar refractivity (Wildman–Crippen MR) is 57.8 cm³/mol. The normalized spacial score (nSPS) is 9.86. The van der Waals surface area contributed by atoms with Gasteiger partial charge in [0, 0.05) is 0 Å². The Morgan fingerprint density at radius 1 is 1.79 bits per heavy atom. The Hall–Kier alpha value is -1.16. The Morgan fingerprint density at radius 3 is 3.00 bits per heavy atom. The standard InChI is InChI=1S/C10H13NO2S/c1-4-5-7-6-8(10(12)13-2)11-9(7)14-3/h4,6,11H,1,5H2,2-3H3. The third-order valence-corrected chi connectivity index (χ3v) is 2.60. The first-order valence-electron chi connectivity index (χ1n) is 4.18. The number of carbonyl (C=O) groups excluding carboxylic acids is 1. The Labute approximate surface area is 87.5 Å². The number of hydrogen-bond acceptors (Lipinski definition) is 3. The Morgan fingerprint density at radius 2 is 2.50 bits per heavy atom. The van der Waals surface area contributed by atoms with E-state index in [1.807, 2.05) is 12.3 Å². The van der Waals surface area contributed by atoms with Crippen LogP contribution >= 0.6 is 11.8 Å². The summed E-state index contributed by atoms with van der Waals surface area (Å²) in [6, 6.07) is 1.80. The monoisotopic (exact) mass is 211 g/mol. The van der Waals surface area contributed by atoms with Gasteiger partial charge in [-0.3, -0.25) is 0 Å². The minimum absolute atomic E-state index is 0.337. The van der Waals surface area contributed by atoms with Gasteiger partial charge in [-0.25, -0.2) is 4.79 Å². The molecule has 76 valence electrons. The van der Waals surface area contributed by atoms with E-state index >= 15 is 0 Å². The van der Waals surface area contributed by atoms with Gasteiger partial charge in [-0.15, -0.1) is 18.3 Å². The number of nitrogens with one attached hydrogen (secondary N) is 1. The zero-order valence-electron chi connectivity index (χ0n) is 8.29. The van der Waals surface area contributed by atoms with Crippen molar-refractivity contribution < 1.29 is 9.53 Å². The number of aromatic amines is 1. The van der Waals surface area contributed by atoms with E-state index in [2.05, 4.69) is 16.3 Å². The quantitative estimate of drug-likeness (QED) is 0.472. The molecule has 0 saturated heterocycles. The Bertz CT molecular complexity index is 344. The van der Waals surface area contributed by atoms with Crippen molar-refractivity contribution in [3.8, 4) is 0 Å². The van der Waals surface area contributed by atoms with Gasteiger partial charge in [-0.05, 0) is 24.3 Å². The van der Waals surface area contributed by atoms with Gasteiger partial charge < -0.3 is 9.72 Å². The number of allylic oxidation sites excluding steroid dienone is 1.